The third-order valence-electron chi connectivity index (χ3n) is 3.01. The summed E-state index contributed by atoms with van der Waals surface area (Å²) in [6.45, 7) is 9.24. The number of hydrogen-bond acceptors (Lipinski definition) is 4. The van der Waals surface area contributed by atoms with Gasteiger partial charge in [0.1, 0.15) is 10.7 Å². The van der Waals surface area contributed by atoms with Crippen LogP contribution in [0.2, 0.25) is 0 Å². The highest BCUT2D eigenvalue weighted by Gasteiger charge is 2.29. The Kier molecular flexibility index (Phi) is 6.90. The van der Waals surface area contributed by atoms with Crippen LogP contribution in [0.1, 0.15) is 52.7 Å². The lowest BCUT2D eigenvalue weighted by molar-refractivity contribution is 0.416. The van der Waals surface area contributed by atoms with Gasteiger partial charge in [0.2, 0.25) is 10.0 Å². The summed E-state index contributed by atoms with van der Waals surface area (Å²) >= 11 is 3.19. The van der Waals surface area contributed by atoms with E-state index in [1.165, 1.54) is 0 Å². The van der Waals surface area contributed by atoms with E-state index in [9.17, 15) is 8.42 Å². The molecule has 0 aliphatic rings. The standard InChI is InChI=1S/C14H25BrN2O3S/c1-5-7-14(3,4)17-21(18,19)12-9-11(20-13(12)15)10-16-8-6-2/h9,16-17H,5-8,10H2,1-4H3. The number of sulfonamides is 1. The molecule has 0 atom stereocenters. The van der Waals surface area contributed by atoms with Crippen LogP contribution in [0, 0.1) is 0 Å². The van der Waals surface area contributed by atoms with Crippen molar-refractivity contribution >= 4 is 26.0 Å². The molecular weight excluding hydrogens is 356 g/mol. The molecule has 0 bridgehead atoms. The minimum absolute atomic E-state index is 0.153. The van der Waals surface area contributed by atoms with Crippen LogP contribution >= 0.6 is 15.9 Å². The lowest BCUT2D eigenvalue weighted by atomic mass is 10.0. The molecular formula is C14H25BrN2O3S. The van der Waals surface area contributed by atoms with E-state index in [4.69, 9.17) is 4.42 Å². The predicted octanol–water partition coefficient (Wildman–Crippen LogP) is 3.40. The maximum absolute atomic E-state index is 12.5. The number of furan rings is 1. The van der Waals surface area contributed by atoms with Crippen LogP contribution in [0.15, 0.2) is 20.0 Å². The van der Waals surface area contributed by atoms with Crippen molar-refractivity contribution in [2.24, 2.45) is 0 Å². The van der Waals surface area contributed by atoms with Gasteiger partial charge in [-0.3, -0.25) is 0 Å². The van der Waals surface area contributed by atoms with Gasteiger partial charge in [-0.15, -0.1) is 0 Å². The lowest BCUT2D eigenvalue weighted by Gasteiger charge is -2.24. The van der Waals surface area contributed by atoms with Gasteiger partial charge in [0, 0.05) is 11.6 Å². The summed E-state index contributed by atoms with van der Waals surface area (Å²) in [7, 11) is -3.60. The molecule has 0 unspecified atom stereocenters. The lowest BCUT2D eigenvalue weighted by Crippen LogP contribution is -2.43. The van der Waals surface area contributed by atoms with Gasteiger partial charge in [-0.2, -0.15) is 0 Å². The summed E-state index contributed by atoms with van der Waals surface area (Å²) in [5.41, 5.74) is -0.481. The molecule has 0 saturated heterocycles. The summed E-state index contributed by atoms with van der Waals surface area (Å²) in [4.78, 5) is 0.153. The van der Waals surface area contributed by atoms with Crippen LogP contribution in [0.5, 0.6) is 0 Å². The largest absolute Gasteiger partial charge is 0.452 e. The van der Waals surface area contributed by atoms with Crippen molar-refractivity contribution in [2.75, 3.05) is 6.54 Å². The smallest absolute Gasteiger partial charge is 0.245 e. The van der Waals surface area contributed by atoms with Crippen LogP contribution in [-0.4, -0.2) is 20.5 Å². The summed E-state index contributed by atoms with van der Waals surface area (Å²) in [6.07, 6.45) is 2.70. The Balaban J connectivity index is 2.88. The van der Waals surface area contributed by atoms with E-state index in [0.29, 0.717) is 12.3 Å². The van der Waals surface area contributed by atoms with E-state index in [1.54, 1.807) is 6.07 Å². The fourth-order valence-electron chi connectivity index (χ4n) is 2.15. The zero-order valence-electron chi connectivity index (χ0n) is 13.1. The van der Waals surface area contributed by atoms with Gasteiger partial charge < -0.3 is 9.73 Å². The van der Waals surface area contributed by atoms with Crippen molar-refractivity contribution in [1.82, 2.24) is 10.0 Å². The first-order chi connectivity index (χ1) is 9.72. The monoisotopic (exact) mass is 380 g/mol. The Bertz CT molecular complexity index is 553. The summed E-state index contributed by atoms with van der Waals surface area (Å²) in [5.74, 6) is 0.601. The first kappa shape index (κ1) is 18.7. The molecule has 0 aliphatic carbocycles. The van der Waals surface area contributed by atoms with Crippen molar-refractivity contribution < 1.29 is 12.8 Å². The number of nitrogens with one attached hydrogen (secondary N) is 2. The number of hydrogen-bond donors (Lipinski definition) is 2. The van der Waals surface area contributed by atoms with Crippen molar-refractivity contribution in [3.05, 3.63) is 16.5 Å². The minimum Gasteiger partial charge on any atom is -0.452 e. The van der Waals surface area contributed by atoms with Crippen LogP contribution in [0.25, 0.3) is 0 Å². The molecule has 1 heterocycles. The maximum atomic E-state index is 12.5. The topological polar surface area (TPSA) is 71.3 Å². The van der Waals surface area contributed by atoms with Crippen molar-refractivity contribution in [3.63, 3.8) is 0 Å². The van der Waals surface area contributed by atoms with Gasteiger partial charge in [0.05, 0.1) is 6.54 Å². The molecule has 21 heavy (non-hydrogen) atoms. The molecule has 0 fully saturated rings. The molecule has 1 rings (SSSR count). The summed E-state index contributed by atoms with van der Waals surface area (Å²) < 4.78 is 33.4. The zero-order chi connectivity index (χ0) is 16.1. The van der Waals surface area contributed by atoms with E-state index in [2.05, 4.69) is 32.9 Å². The van der Waals surface area contributed by atoms with Gasteiger partial charge in [0.15, 0.2) is 4.67 Å². The molecule has 0 aromatic carbocycles. The van der Waals surface area contributed by atoms with E-state index < -0.39 is 15.6 Å². The molecule has 0 radical (unpaired) electrons. The highest BCUT2D eigenvalue weighted by atomic mass is 79.9. The molecule has 1 aromatic heterocycles. The molecule has 1 aromatic rings. The van der Waals surface area contributed by atoms with Crippen LogP contribution in [0.3, 0.4) is 0 Å². The summed E-state index contributed by atoms with van der Waals surface area (Å²) in [5, 5.41) is 3.18. The molecule has 0 saturated carbocycles. The fourth-order valence-corrected chi connectivity index (χ4v) is 4.59. The highest BCUT2D eigenvalue weighted by Crippen LogP contribution is 2.27. The molecule has 122 valence electrons. The van der Waals surface area contributed by atoms with E-state index >= 15 is 0 Å². The Morgan fingerprint density at radius 2 is 1.95 bits per heavy atom. The van der Waals surface area contributed by atoms with Crippen molar-refractivity contribution in [3.8, 4) is 0 Å². The highest BCUT2D eigenvalue weighted by molar-refractivity contribution is 9.10. The molecule has 0 spiro atoms. The Morgan fingerprint density at radius 1 is 1.29 bits per heavy atom. The fraction of sp³-hybridized carbons (Fsp3) is 0.714. The van der Waals surface area contributed by atoms with Crippen molar-refractivity contribution in [1.29, 1.82) is 0 Å². The molecule has 0 aliphatic heterocycles. The van der Waals surface area contributed by atoms with Crippen LogP contribution < -0.4 is 10.0 Å². The Morgan fingerprint density at radius 3 is 2.52 bits per heavy atom. The van der Waals surface area contributed by atoms with Crippen LogP contribution in [-0.2, 0) is 16.6 Å². The summed E-state index contributed by atoms with van der Waals surface area (Å²) in [6, 6.07) is 1.57. The minimum atomic E-state index is -3.60. The second-order valence-electron chi connectivity index (χ2n) is 5.77. The van der Waals surface area contributed by atoms with Gasteiger partial charge in [-0.1, -0.05) is 20.3 Å². The second kappa shape index (κ2) is 7.76. The normalized spacial score (nSPS) is 12.8. The molecule has 5 nitrogen and oxygen atoms in total. The maximum Gasteiger partial charge on any atom is 0.245 e. The van der Waals surface area contributed by atoms with Gasteiger partial charge in [-0.25, -0.2) is 13.1 Å². The van der Waals surface area contributed by atoms with E-state index in [1.807, 2.05) is 20.8 Å². The van der Waals surface area contributed by atoms with Crippen LogP contribution in [0.4, 0.5) is 0 Å². The first-order valence-corrected chi connectivity index (χ1v) is 9.52. The molecule has 0 amide bonds. The number of rotatable bonds is 9. The predicted molar refractivity (Wildman–Crippen MR) is 87.7 cm³/mol. The zero-order valence-corrected chi connectivity index (χ0v) is 15.5. The quantitative estimate of drug-likeness (QED) is 0.644. The van der Waals surface area contributed by atoms with Gasteiger partial charge >= 0.3 is 0 Å². The van der Waals surface area contributed by atoms with Crippen molar-refractivity contribution in [2.45, 2.75) is 63.9 Å². The third kappa shape index (κ3) is 5.73. The second-order valence-corrected chi connectivity index (χ2v) is 8.14. The first-order valence-electron chi connectivity index (χ1n) is 7.24. The number of halogens is 1. The van der Waals surface area contributed by atoms with Gasteiger partial charge in [0.25, 0.3) is 0 Å². The SMILES string of the molecule is CCCNCc1cc(S(=O)(=O)NC(C)(C)CCC)c(Br)o1. The Labute approximate surface area is 136 Å². The average Bonchev–Trinajstić information content (AvgIpc) is 2.70. The third-order valence-corrected chi connectivity index (χ3v) is 5.56. The molecule has 2 N–H and O–H groups in total. The Hall–Kier alpha value is -0.370. The van der Waals surface area contributed by atoms with Gasteiger partial charge in [-0.05, 0) is 49.2 Å². The van der Waals surface area contributed by atoms with E-state index in [-0.39, 0.29) is 9.56 Å². The molecule has 7 heteroatoms. The van der Waals surface area contributed by atoms with E-state index in [0.717, 1.165) is 25.8 Å². The average molecular weight is 381 g/mol.